The third kappa shape index (κ3) is 8.30. The van der Waals surface area contributed by atoms with Crippen LogP contribution in [0.3, 0.4) is 0 Å². The second-order valence-electron chi connectivity index (χ2n) is 9.94. The fourth-order valence-corrected chi connectivity index (χ4v) is 3.38. The van der Waals surface area contributed by atoms with Gasteiger partial charge < -0.3 is 24.1 Å². The SMILES string of the molecule is COC(=O)[C@@H]1[C@@H](F)CCN1C(=O)OC(C)(C)C.COC(=O)[C@@H]1[C@H](O)CCN1C(=O)OC(C)(C)C. The molecule has 1 N–H and O–H groups in total. The van der Waals surface area contributed by atoms with Gasteiger partial charge >= 0.3 is 24.1 Å². The van der Waals surface area contributed by atoms with Gasteiger partial charge in [0.05, 0.1) is 20.3 Å². The summed E-state index contributed by atoms with van der Waals surface area (Å²) in [5, 5.41) is 9.66. The molecule has 34 heavy (non-hydrogen) atoms. The number of methoxy groups -OCH3 is 2. The van der Waals surface area contributed by atoms with Crippen LogP contribution in [0, 0.1) is 0 Å². The van der Waals surface area contributed by atoms with Crippen molar-refractivity contribution in [2.75, 3.05) is 27.3 Å². The smallest absolute Gasteiger partial charge is 0.411 e. The number of nitrogens with zero attached hydrogens (tertiary/aromatic N) is 2. The van der Waals surface area contributed by atoms with Crippen LogP contribution >= 0.6 is 0 Å². The number of ether oxygens (including phenoxy) is 4. The Balaban J connectivity index is 0.000000340. The molecule has 4 atom stereocenters. The number of halogens is 1. The van der Waals surface area contributed by atoms with Crippen LogP contribution in [0.25, 0.3) is 0 Å². The van der Waals surface area contributed by atoms with Crippen LogP contribution in [-0.4, -0.2) is 102 Å². The number of likely N-dealkylation sites (tertiary alicyclic amines) is 2. The van der Waals surface area contributed by atoms with E-state index < -0.39 is 59.7 Å². The molecule has 2 rings (SSSR count). The van der Waals surface area contributed by atoms with Gasteiger partial charge in [0.2, 0.25) is 0 Å². The van der Waals surface area contributed by atoms with Crippen molar-refractivity contribution in [2.24, 2.45) is 0 Å². The molecule has 2 saturated heterocycles. The summed E-state index contributed by atoms with van der Waals surface area (Å²) in [7, 11) is 2.39. The number of rotatable bonds is 2. The van der Waals surface area contributed by atoms with Gasteiger partial charge in [-0.15, -0.1) is 0 Å². The largest absolute Gasteiger partial charge is 0.467 e. The number of carbonyl (C=O) groups is 4. The minimum absolute atomic E-state index is 0.124. The lowest BCUT2D eigenvalue weighted by molar-refractivity contribution is -0.148. The zero-order valence-corrected chi connectivity index (χ0v) is 21.1. The average molecular weight is 493 g/mol. The van der Waals surface area contributed by atoms with Gasteiger partial charge in [0, 0.05) is 13.1 Å². The van der Waals surface area contributed by atoms with Gasteiger partial charge in [-0.2, -0.15) is 0 Å². The third-order valence-electron chi connectivity index (χ3n) is 4.83. The number of aliphatic hydroxyl groups excluding tert-OH is 1. The van der Waals surface area contributed by atoms with Crippen LogP contribution in [0.4, 0.5) is 14.0 Å². The molecule has 2 aliphatic rings. The number of hydrogen-bond donors (Lipinski definition) is 1. The molecule has 0 aromatic carbocycles. The summed E-state index contributed by atoms with van der Waals surface area (Å²) in [6.07, 6.45) is -3.11. The molecule has 2 aliphatic heterocycles. The van der Waals surface area contributed by atoms with Gasteiger partial charge in [0.15, 0.2) is 12.1 Å². The van der Waals surface area contributed by atoms with Crippen molar-refractivity contribution < 1.29 is 47.6 Å². The zero-order chi connectivity index (χ0) is 26.4. The second-order valence-corrected chi connectivity index (χ2v) is 9.94. The van der Waals surface area contributed by atoms with Gasteiger partial charge in [-0.25, -0.2) is 23.6 Å². The Hall–Kier alpha value is -2.63. The minimum atomic E-state index is -1.39. The quantitative estimate of drug-likeness (QED) is 0.454. The predicted molar refractivity (Wildman–Crippen MR) is 118 cm³/mol. The molecule has 0 spiro atoms. The average Bonchev–Trinajstić information content (AvgIpc) is 3.27. The highest BCUT2D eigenvalue weighted by molar-refractivity contribution is 5.83. The predicted octanol–water partition coefficient (Wildman–Crippen LogP) is 2.04. The van der Waals surface area contributed by atoms with Crippen molar-refractivity contribution in [3.8, 4) is 0 Å². The standard InChI is InChI=1S/C11H18FNO4.C11H19NO5/c1-11(2,3)17-10(15)13-6-5-7(12)8(13)9(14)16-4;1-11(2,3)17-10(15)12-6-5-7(13)8(12)9(14)16-4/h7-8H,5-6H2,1-4H3;7-8,13H,5-6H2,1-4H3/t7-,8-;7-,8+/m01/s1. The van der Waals surface area contributed by atoms with Gasteiger partial charge in [-0.1, -0.05) is 0 Å². The molecular weight excluding hydrogens is 455 g/mol. The third-order valence-corrected chi connectivity index (χ3v) is 4.83. The van der Waals surface area contributed by atoms with Crippen molar-refractivity contribution in [1.82, 2.24) is 9.80 Å². The molecule has 0 bridgehead atoms. The summed E-state index contributed by atoms with van der Waals surface area (Å²) >= 11 is 0. The van der Waals surface area contributed by atoms with E-state index in [1.807, 2.05) is 0 Å². The van der Waals surface area contributed by atoms with Crippen LogP contribution in [0.2, 0.25) is 0 Å². The number of aliphatic hydroxyl groups is 1. The molecule has 2 heterocycles. The Kier molecular flexibility index (Phi) is 10.1. The number of carbonyl (C=O) groups excluding carboxylic acids is 4. The van der Waals surface area contributed by atoms with Crippen LogP contribution in [0.1, 0.15) is 54.4 Å². The van der Waals surface area contributed by atoms with Crippen molar-refractivity contribution in [3.63, 3.8) is 0 Å². The molecule has 0 aromatic heterocycles. The van der Waals surface area contributed by atoms with E-state index in [4.69, 9.17) is 9.47 Å². The number of alkyl halides is 1. The van der Waals surface area contributed by atoms with E-state index >= 15 is 0 Å². The highest BCUT2D eigenvalue weighted by atomic mass is 19.1. The lowest BCUT2D eigenvalue weighted by Crippen LogP contribution is -2.47. The van der Waals surface area contributed by atoms with E-state index in [0.29, 0.717) is 6.42 Å². The van der Waals surface area contributed by atoms with Gasteiger partial charge in [-0.05, 0) is 54.4 Å². The lowest BCUT2D eigenvalue weighted by atomic mass is 10.2. The summed E-state index contributed by atoms with van der Waals surface area (Å²) in [6, 6.07) is -2.15. The Bertz CT molecular complexity index is 686. The highest BCUT2D eigenvalue weighted by Crippen LogP contribution is 2.25. The summed E-state index contributed by atoms with van der Waals surface area (Å²) in [5.41, 5.74) is -1.31. The molecule has 196 valence electrons. The van der Waals surface area contributed by atoms with Gasteiger partial charge in [0.25, 0.3) is 0 Å². The Labute approximate surface area is 199 Å². The van der Waals surface area contributed by atoms with Crippen LogP contribution in [0.5, 0.6) is 0 Å². The maximum absolute atomic E-state index is 13.5. The van der Waals surface area contributed by atoms with E-state index in [1.54, 1.807) is 41.5 Å². The van der Waals surface area contributed by atoms with Crippen molar-refractivity contribution in [1.29, 1.82) is 0 Å². The fraction of sp³-hybridized carbons (Fsp3) is 0.818. The summed E-state index contributed by atoms with van der Waals surface area (Å²) < 4.78 is 32.8. The number of esters is 2. The molecule has 0 unspecified atom stereocenters. The summed E-state index contributed by atoms with van der Waals surface area (Å²) in [6.45, 7) is 10.8. The first-order valence-corrected chi connectivity index (χ1v) is 11.0. The van der Waals surface area contributed by atoms with Crippen LogP contribution in [0.15, 0.2) is 0 Å². The highest BCUT2D eigenvalue weighted by Gasteiger charge is 2.45. The number of amides is 2. The molecule has 2 amide bonds. The lowest BCUT2D eigenvalue weighted by Gasteiger charge is -2.27. The topological polar surface area (TPSA) is 132 Å². The molecule has 0 saturated carbocycles. The minimum Gasteiger partial charge on any atom is -0.467 e. The Morgan fingerprint density at radius 1 is 0.765 bits per heavy atom. The second kappa shape index (κ2) is 11.7. The molecule has 2 fully saturated rings. The molecular formula is C22H37FN2O9. The van der Waals surface area contributed by atoms with E-state index in [1.165, 1.54) is 19.1 Å². The molecule has 0 aliphatic carbocycles. The van der Waals surface area contributed by atoms with Crippen LogP contribution < -0.4 is 0 Å². The van der Waals surface area contributed by atoms with Crippen molar-refractivity contribution >= 4 is 24.1 Å². The van der Waals surface area contributed by atoms with Gasteiger partial charge in [-0.3, -0.25) is 9.80 Å². The Morgan fingerprint density at radius 3 is 1.56 bits per heavy atom. The van der Waals surface area contributed by atoms with E-state index in [0.717, 1.165) is 4.90 Å². The Morgan fingerprint density at radius 2 is 1.15 bits per heavy atom. The van der Waals surface area contributed by atoms with E-state index in [-0.39, 0.29) is 19.5 Å². The summed E-state index contributed by atoms with van der Waals surface area (Å²) in [5.74, 6) is -1.37. The first-order chi connectivity index (χ1) is 15.5. The fourth-order valence-electron chi connectivity index (χ4n) is 3.38. The monoisotopic (exact) mass is 492 g/mol. The normalized spacial score (nSPS) is 24.6. The molecule has 0 aromatic rings. The van der Waals surface area contributed by atoms with Crippen LogP contribution in [-0.2, 0) is 28.5 Å². The maximum atomic E-state index is 13.5. The van der Waals surface area contributed by atoms with Gasteiger partial charge in [0.1, 0.15) is 17.4 Å². The number of hydrogen-bond acceptors (Lipinski definition) is 9. The first-order valence-electron chi connectivity index (χ1n) is 11.0. The summed E-state index contributed by atoms with van der Waals surface area (Å²) in [4.78, 5) is 48.8. The zero-order valence-electron chi connectivity index (χ0n) is 21.1. The van der Waals surface area contributed by atoms with E-state index in [2.05, 4.69) is 9.47 Å². The maximum Gasteiger partial charge on any atom is 0.411 e. The molecule has 11 nitrogen and oxygen atoms in total. The first kappa shape index (κ1) is 29.4. The molecule has 12 heteroatoms. The van der Waals surface area contributed by atoms with Crippen molar-refractivity contribution in [3.05, 3.63) is 0 Å². The van der Waals surface area contributed by atoms with E-state index in [9.17, 15) is 28.7 Å². The van der Waals surface area contributed by atoms with Crippen molar-refractivity contribution in [2.45, 2.75) is 89.9 Å². The molecule has 0 radical (unpaired) electrons.